The van der Waals surface area contributed by atoms with E-state index >= 15 is 0 Å². The molecule has 0 spiro atoms. The van der Waals surface area contributed by atoms with Gasteiger partial charge in [-0.05, 0) is 55.3 Å². The summed E-state index contributed by atoms with van der Waals surface area (Å²) < 4.78 is 36.6. The largest absolute Gasteiger partial charge is 0.497 e. The first-order valence-corrected chi connectivity index (χ1v) is 11.0. The van der Waals surface area contributed by atoms with Crippen LogP contribution in [0.2, 0.25) is 0 Å². The Balaban J connectivity index is 1.75. The lowest BCUT2D eigenvalue weighted by Gasteiger charge is -2.28. The average molecular weight is 419 g/mol. The zero-order valence-corrected chi connectivity index (χ0v) is 17.7. The molecule has 3 rings (SSSR count). The van der Waals surface area contributed by atoms with Crippen LogP contribution in [0.15, 0.2) is 42.5 Å². The van der Waals surface area contributed by atoms with Crippen LogP contribution >= 0.6 is 0 Å². The highest BCUT2D eigenvalue weighted by Gasteiger charge is 2.26. The molecule has 0 aliphatic carbocycles. The number of sulfonamides is 1. The van der Waals surface area contributed by atoms with E-state index in [-0.39, 0.29) is 11.7 Å². The van der Waals surface area contributed by atoms with Gasteiger partial charge in [-0.15, -0.1) is 0 Å². The van der Waals surface area contributed by atoms with Crippen LogP contribution in [0.25, 0.3) is 0 Å². The predicted octanol–water partition coefficient (Wildman–Crippen LogP) is 2.91. The number of amides is 1. The van der Waals surface area contributed by atoms with Gasteiger partial charge < -0.3 is 14.4 Å². The fourth-order valence-electron chi connectivity index (χ4n) is 3.40. The smallest absolute Gasteiger partial charge is 0.253 e. The summed E-state index contributed by atoms with van der Waals surface area (Å²) in [6, 6.07) is 12.2. The topological polar surface area (TPSA) is 76.2 Å². The SMILES string of the molecule is COc1ccc(OC)c(CN(C)C(=O)c2ccc(N3CCCCS3(=O)=O)cc2)c1. The van der Waals surface area contributed by atoms with Crippen LogP contribution in [0.4, 0.5) is 5.69 Å². The molecule has 1 fully saturated rings. The minimum absolute atomic E-state index is 0.164. The van der Waals surface area contributed by atoms with Crippen LogP contribution in [0, 0.1) is 0 Å². The Kier molecular flexibility index (Phi) is 6.32. The van der Waals surface area contributed by atoms with E-state index in [4.69, 9.17) is 9.47 Å². The van der Waals surface area contributed by atoms with Gasteiger partial charge in [0.2, 0.25) is 10.0 Å². The standard InChI is InChI=1S/C21H26N2O5S/c1-22(15-17-14-19(27-2)10-11-20(17)28-3)21(24)16-6-8-18(9-7-16)23-12-4-5-13-29(23,25)26/h6-11,14H,4-5,12-13,15H2,1-3H3. The Morgan fingerprint density at radius 2 is 1.79 bits per heavy atom. The molecule has 1 heterocycles. The molecule has 0 atom stereocenters. The molecular weight excluding hydrogens is 392 g/mol. The van der Waals surface area contributed by atoms with Crippen molar-refractivity contribution >= 4 is 21.6 Å². The van der Waals surface area contributed by atoms with Crippen LogP contribution < -0.4 is 13.8 Å². The van der Waals surface area contributed by atoms with Gasteiger partial charge in [0, 0.05) is 31.3 Å². The van der Waals surface area contributed by atoms with Crippen LogP contribution in [0.5, 0.6) is 11.5 Å². The number of anilines is 1. The minimum Gasteiger partial charge on any atom is -0.497 e. The molecule has 0 radical (unpaired) electrons. The first-order valence-electron chi connectivity index (χ1n) is 9.42. The van der Waals surface area contributed by atoms with Crippen molar-refractivity contribution < 1.29 is 22.7 Å². The second-order valence-electron chi connectivity index (χ2n) is 6.98. The number of nitrogens with zero attached hydrogens (tertiary/aromatic N) is 2. The maximum Gasteiger partial charge on any atom is 0.253 e. The van der Waals surface area contributed by atoms with Gasteiger partial charge in [0.25, 0.3) is 5.91 Å². The number of rotatable bonds is 6. The molecule has 29 heavy (non-hydrogen) atoms. The van der Waals surface area contributed by atoms with Crippen LogP contribution in [0.3, 0.4) is 0 Å². The maximum absolute atomic E-state index is 12.8. The number of hydrogen-bond acceptors (Lipinski definition) is 5. The van der Waals surface area contributed by atoms with E-state index in [1.807, 2.05) is 6.07 Å². The normalized spacial score (nSPS) is 15.6. The van der Waals surface area contributed by atoms with E-state index in [1.54, 1.807) is 62.6 Å². The Morgan fingerprint density at radius 1 is 1.07 bits per heavy atom. The Hall–Kier alpha value is -2.74. The molecule has 7 nitrogen and oxygen atoms in total. The predicted molar refractivity (Wildman–Crippen MR) is 112 cm³/mol. The number of ether oxygens (including phenoxy) is 2. The lowest BCUT2D eigenvalue weighted by Crippen LogP contribution is -2.37. The van der Waals surface area contributed by atoms with Gasteiger partial charge in [-0.2, -0.15) is 0 Å². The van der Waals surface area contributed by atoms with Crippen molar-refractivity contribution in [3.8, 4) is 11.5 Å². The summed E-state index contributed by atoms with van der Waals surface area (Å²) in [6.07, 6.45) is 1.53. The highest BCUT2D eigenvalue weighted by atomic mass is 32.2. The summed E-state index contributed by atoms with van der Waals surface area (Å²) in [6.45, 7) is 0.826. The van der Waals surface area contributed by atoms with E-state index in [0.29, 0.717) is 42.3 Å². The van der Waals surface area contributed by atoms with Crippen molar-refractivity contribution in [2.24, 2.45) is 0 Å². The fraction of sp³-hybridized carbons (Fsp3) is 0.381. The van der Waals surface area contributed by atoms with Crippen molar-refractivity contribution in [2.45, 2.75) is 19.4 Å². The molecule has 2 aromatic rings. The van der Waals surface area contributed by atoms with Crippen LogP contribution in [-0.2, 0) is 16.6 Å². The zero-order valence-electron chi connectivity index (χ0n) is 16.9. The van der Waals surface area contributed by atoms with Gasteiger partial charge in [-0.3, -0.25) is 9.10 Å². The third-order valence-corrected chi connectivity index (χ3v) is 6.86. The lowest BCUT2D eigenvalue weighted by molar-refractivity contribution is 0.0784. The van der Waals surface area contributed by atoms with Crippen molar-refractivity contribution in [2.75, 3.05) is 37.9 Å². The van der Waals surface area contributed by atoms with Crippen molar-refractivity contribution in [1.29, 1.82) is 0 Å². The second-order valence-corrected chi connectivity index (χ2v) is 8.99. The van der Waals surface area contributed by atoms with Gasteiger partial charge in [-0.1, -0.05) is 0 Å². The molecule has 1 aliphatic heterocycles. The van der Waals surface area contributed by atoms with E-state index in [1.165, 1.54) is 4.31 Å². The fourth-order valence-corrected chi connectivity index (χ4v) is 5.04. The Labute approximate surface area is 171 Å². The average Bonchev–Trinajstić information content (AvgIpc) is 2.73. The van der Waals surface area contributed by atoms with Gasteiger partial charge in [0.05, 0.1) is 25.7 Å². The van der Waals surface area contributed by atoms with Gasteiger partial charge in [0.1, 0.15) is 11.5 Å². The van der Waals surface area contributed by atoms with Gasteiger partial charge >= 0.3 is 0 Å². The number of carbonyl (C=O) groups is 1. The minimum atomic E-state index is -3.27. The highest BCUT2D eigenvalue weighted by Crippen LogP contribution is 2.26. The molecule has 1 saturated heterocycles. The number of methoxy groups -OCH3 is 2. The van der Waals surface area contributed by atoms with E-state index in [0.717, 1.165) is 12.0 Å². The summed E-state index contributed by atoms with van der Waals surface area (Å²) in [4.78, 5) is 14.4. The molecule has 0 saturated carbocycles. The summed E-state index contributed by atoms with van der Waals surface area (Å²) in [5.74, 6) is 1.37. The summed E-state index contributed by atoms with van der Waals surface area (Å²) in [5, 5.41) is 0. The maximum atomic E-state index is 12.8. The molecule has 0 bridgehead atoms. The molecule has 156 valence electrons. The van der Waals surface area contributed by atoms with Crippen molar-refractivity contribution in [1.82, 2.24) is 4.90 Å². The van der Waals surface area contributed by atoms with Gasteiger partial charge in [0.15, 0.2) is 0 Å². The van der Waals surface area contributed by atoms with E-state index in [2.05, 4.69) is 0 Å². The second kappa shape index (κ2) is 8.73. The molecule has 0 N–H and O–H groups in total. The molecule has 2 aromatic carbocycles. The lowest BCUT2D eigenvalue weighted by atomic mass is 10.1. The monoisotopic (exact) mass is 418 g/mol. The zero-order chi connectivity index (χ0) is 21.0. The molecule has 1 amide bonds. The summed E-state index contributed by atoms with van der Waals surface area (Å²) in [5.41, 5.74) is 1.92. The number of benzene rings is 2. The first kappa shape index (κ1) is 21.0. The van der Waals surface area contributed by atoms with Crippen molar-refractivity contribution in [3.05, 3.63) is 53.6 Å². The Morgan fingerprint density at radius 3 is 2.41 bits per heavy atom. The van der Waals surface area contributed by atoms with Gasteiger partial charge in [-0.25, -0.2) is 8.42 Å². The molecule has 0 unspecified atom stereocenters. The quantitative estimate of drug-likeness (QED) is 0.721. The first-order chi connectivity index (χ1) is 13.9. The summed E-state index contributed by atoms with van der Waals surface area (Å²) >= 11 is 0. The van der Waals surface area contributed by atoms with Crippen LogP contribution in [-0.4, -0.2) is 52.8 Å². The number of carbonyl (C=O) groups excluding carboxylic acids is 1. The van der Waals surface area contributed by atoms with E-state index in [9.17, 15) is 13.2 Å². The molecule has 0 aromatic heterocycles. The third kappa shape index (κ3) is 4.64. The Bertz CT molecular complexity index is 973. The van der Waals surface area contributed by atoms with Crippen LogP contribution in [0.1, 0.15) is 28.8 Å². The molecule has 8 heteroatoms. The molecular formula is C21H26N2O5S. The van der Waals surface area contributed by atoms with E-state index < -0.39 is 10.0 Å². The number of hydrogen-bond donors (Lipinski definition) is 0. The molecule has 1 aliphatic rings. The van der Waals surface area contributed by atoms with Crippen molar-refractivity contribution in [3.63, 3.8) is 0 Å². The third-order valence-electron chi connectivity index (χ3n) is 4.99. The summed E-state index contributed by atoms with van der Waals surface area (Å²) in [7, 11) is 1.62. The highest BCUT2D eigenvalue weighted by molar-refractivity contribution is 7.92.